The third kappa shape index (κ3) is 10.2. The van der Waals surface area contributed by atoms with Crippen molar-refractivity contribution >= 4 is 41.5 Å². The van der Waals surface area contributed by atoms with E-state index in [0.29, 0.717) is 5.56 Å². The van der Waals surface area contributed by atoms with Crippen molar-refractivity contribution in [2.45, 2.75) is 89.5 Å². The second kappa shape index (κ2) is 14.2. The molecule has 1 aliphatic rings. The van der Waals surface area contributed by atoms with Gasteiger partial charge in [0, 0.05) is 12.8 Å². The number of benzene rings is 1. The van der Waals surface area contributed by atoms with Gasteiger partial charge < -0.3 is 20.1 Å². The van der Waals surface area contributed by atoms with Crippen LogP contribution in [0.3, 0.4) is 0 Å². The highest BCUT2D eigenvalue weighted by molar-refractivity contribution is 7.99. The molecule has 9 nitrogen and oxygen atoms in total. The van der Waals surface area contributed by atoms with Gasteiger partial charge in [0.15, 0.2) is 0 Å². The molecule has 0 aromatic heterocycles. The molecule has 3 N–H and O–H groups in total. The summed E-state index contributed by atoms with van der Waals surface area (Å²) in [4.78, 5) is 49.2. The molecular weight excluding hydrogens is 501 g/mol. The van der Waals surface area contributed by atoms with E-state index < -0.39 is 40.7 Å². The van der Waals surface area contributed by atoms with Crippen molar-refractivity contribution in [2.24, 2.45) is 5.92 Å². The first-order chi connectivity index (χ1) is 17.4. The maximum atomic E-state index is 15.0. The summed E-state index contributed by atoms with van der Waals surface area (Å²) in [6.07, 6.45) is 4.32. The van der Waals surface area contributed by atoms with Gasteiger partial charge in [-0.3, -0.25) is 14.3 Å². The van der Waals surface area contributed by atoms with Crippen LogP contribution in [-0.4, -0.2) is 47.9 Å². The molecule has 2 atom stereocenters. The number of carbonyl (C=O) groups is 4. The van der Waals surface area contributed by atoms with Crippen molar-refractivity contribution < 1.29 is 33.0 Å². The molecule has 1 aromatic carbocycles. The van der Waals surface area contributed by atoms with E-state index in [1.807, 2.05) is 0 Å². The molecule has 1 aliphatic carbocycles. The summed E-state index contributed by atoms with van der Waals surface area (Å²) in [5, 5.41) is 4.59. The van der Waals surface area contributed by atoms with Crippen LogP contribution in [0, 0.1) is 11.7 Å². The Labute approximate surface area is 222 Å². The highest BCUT2D eigenvalue weighted by Gasteiger charge is 2.32. The summed E-state index contributed by atoms with van der Waals surface area (Å²) in [5.41, 5.74) is -0.239. The van der Waals surface area contributed by atoms with Gasteiger partial charge in [-0.25, -0.2) is 14.0 Å². The molecular formula is C26H38FN3O6S. The average Bonchev–Trinajstić information content (AvgIpc) is 2.84. The zero-order valence-corrected chi connectivity index (χ0v) is 23.0. The second-order valence-corrected chi connectivity index (χ2v) is 11.0. The van der Waals surface area contributed by atoms with Gasteiger partial charge in [0.05, 0.1) is 12.8 Å². The number of nitrogens with one attached hydrogen (secondary N) is 3. The minimum Gasteiger partial charge on any atom is -0.467 e. The Morgan fingerprint density at radius 2 is 1.81 bits per heavy atom. The van der Waals surface area contributed by atoms with Gasteiger partial charge in [-0.05, 0) is 69.2 Å². The van der Waals surface area contributed by atoms with E-state index in [1.165, 1.54) is 19.2 Å². The van der Waals surface area contributed by atoms with Gasteiger partial charge in [-0.2, -0.15) is 0 Å². The van der Waals surface area contributed by atoms with Crippen LogP contribution < -0.4 is 15.4 Å². The molecule has 0 radical (unpaired) electrons. The van der Waals surface area contributed by atoms with Gasteiger partial charge in [0.25, 0.3) is 0 Å². The lowest BCUT2D eigenvalue weighted by molar-refractivity contribution is -0.145. The summed E-state index contributed by atoms with van der Waals surface area (Å²) in [6.45, 7) is 6.91. The van der Waals surface area contributed by atoms with Crippen LogP contribution in [0.4, 0.5) is 14.9 Å². The molecule has 11 heteroatoms. The number of halogens is 1. The van der Waals surface area contributed by atoms with Gasteiger partial charge in [0.2, 0.25) is 11.8 Å². The Bertz CT molecular complexity index is 962. The van der Waals surface area contributed by atoms with Crippen molar-refractivity contribution in [3.63, 3.8) is 0 Å². The number of esters is 1. The van der Waals surface area contributed by atoms with Crippen LogP contribution in [0.2, 0.25) is 0 Å². The summed E-state index contributed by atoms with van der Waals surface area (Å²) < 4.78 is 27.6. The smallest absolute Gasteiger partial charge is 0.417 e. The fraction of sp³-hybridized carbons (Fsp3) is 0.615. The summed E-state index contributed by atoms with van der Waals surface area (Å²) in [6, 6.07) is 3.26. The quantitative estimate of drug-likeness (QED) is 0.296. The fourth-order valence-electron chi connectivity index (χ4n) is 4.07. The van der Waals surface area contributed by atoms with Crippen LogP contribution in [0.15, 0.2) is 18.2 Å². The lowest BCUT2D eigenvalue weighted by Crippen LogP contribution is -2.42. The van der Waals surface area contributed by atoms with E-state index in [-0.39, 0.29) is 30.4 Å². The fourth-order valence-corrected chi connectivity index (χ4v) is 4.97. The summed E-state index contributed by atoms with van der Waals surface area (Å²) >= 11 is 0.984. The molecule has 3 amide bonds. The Morgan fingerprint density at radius 1 is 1.14 bits per heavy atom. The molecule has 206 valence electrons. The SMILES string of the molecule is CCC(=O)N[C@H](Cc1ccc(NC(=O)[C@@H](SNC(=O)OC(C)(C)C)C2CCCCC2)c(F)c1)C(=O)OC. The highest BCUT2D eigenvalue weighted by Crippen LogP contribution is 2.33. The molecule has 0 spiro atoms. The molecule has 1 saturated carbocycles. The van der Waals surface area contributed by atoms with Gasteiger partial charge in [-0.15, -0.1) is 0 Å². The number of hydrogen-bond acceptors (Lipinski definition) is 7. The largest absolute Gasteiger partial charge is 0.467 e. The number of methoxy groups -OCH3 is 1. The Balaban J connectivity index is 2.12. The zero-order chi connectivity index (χ0) is 27.6. The number of anilines is 1. The Morgan fingerprint density at radius 3 is 2.38 bits per heavy atom. The van der Waals surface area contributed by atoms with Crippen LogP contribution >= 0.6 is 11.9 Å². The second-order valence-electron chi connectivity index (χ2n) is 10.0. The molecule has 37 heavy (non-hydrogen) atoms. The summed E-state index contributed by atoms with van der Waals surface area (Å²) in [7, 11) is 1.21. The molecule has 0 saturated heterocycles. The number of amides is 3. The van der Waals surface area contributed by atoms with Crippen LogP contribution in [0.1, 0.15) is 71.8 Å². The molecule has 1 aromatic rings. The van der Waals surface area contributed by atoms with E-state index in [4.69, 9.17) is 9.47 Å². The van der Waals surface area contributed by atoms with Crippen molar-refractivity contribution in [1.82, 2.24) is 10.0 Å². The first kappa shape index (κ1) is 30.4. The maximum absolute atomic E-state index is 15.0. The van der Waals surface area contributed by atoms with E-state index in [2.05, 4.69) is 15.4 Å². The lowest BCUT2D eigenvalue weighted by atomic mass is 9.86. The predicted molar refractivity (Wildman–Crippen MR) is 140 cm³/mol. The monoisotopic (exact) mass is 539 g/mol. The average molecular weight is 540 g/mol. The topological polar surface area (TPSA) is 123 Å². The normalized spacial score (nSPS) is 15.7. The molecule has 1 fully saturated rings. The standard InChI is InChI=1S/C26H38FN3O6S/c1-6-21(31)28-20(24(33)35-5)15-16-12-13-19(18(27)14-16)29-23(32)22(17-10-8-7-9-11-17)37-30-25(34)36-26(2,3)4/h12-14,17,20,22H,6-11,15H2,1-5H3,(H,28,31)(H,29,32)(H,30,34)/t20-,22+/m1/s1. The molecule has 0 bridgehead atoms. The van der Waals surface area contributed by atoms with Gasteiger partial charge in [0.1, 0.15) is 22.7 Å². The highest BCUT2D eigenvalue weighted by atomic mass is 32.2. The predicted octanol–water partition coefficient (Wildman–Crippen LogP) is 4.50. The van der Waals surface area contributed by atoms with Gasteiger partial charge in [-0.1, -0.05) is 32.3 Å². The van der Waals surface area contributed by atoms with E-state index in [0.717, 1.165) is 44.1 Å². The molecule has 0 heterocycles. The molecule has 0 aliphatic heterocycles. The minimum absolute atomic E-state index is 0.0142. The molecule has 2 rings (SSSR count). The van der Waals surface area contributed by atoms with Crippen LogP contribution in [0.25, 0.3) is 0 Å². The van der Waals surface area contributed by atoms with Crippen molar-refractivity contribution in [3.05, 3.63) is 29.6 Å². The van der Waals surface area contributed by atoms with E-state index in [1.54, 1.807) is 33.8 Å². The Hall–Kier alpha value is -2.82. The van der Waals surface area contributed by atoms with Crippen LogP contribution in [0.5, 0.6) is 0 Å². The Kier molecular flexibility index (Phi) is 11.7. The maximum Gasteiger partial charge on any atom is 0.417 e. The first-order valence-electron chi connectivity index (χ1n) is 12.5. The first-order valence-corrected chi connectivity index (χ1v) is 13.4. The van der Waals surface area contributed by atoms with Crippen molar-refractivity contribution in [3.8, 4) is 0 Å². The lowest BCUT2D eigenvalue weighted by Gasteiger charge is -2.29. The van der Waals surface area contributed by atoms with Gasteiger partial charge >= 0.3 is 12.1 Å². The molecule has 0 unspecified atom stereocenters. The summed E-state index contributed by atoms with van der Waals surface area (Å²) in [5.74, 6) is -2.03. The van der Waals surface area contributed by atoms with Crippen LogP contribution in [-0.2, 0) is 30.3 Å². The zero-order valence-electron chi connectivity index (χ0n) is 22.1. The third-order valence-electron chi connectivity index (χ3n) is 5.88. The van der Waals surface area contributed by atoms with Crippen molar-refractivity contribution in [1.29, 1.82) is 0 Å². The minimum atomic E-state index is -0.955. The number of carbonyl (C=O) groups excluding carboxylic acids is 4. The van der Waals surface area contributed by atoms with E-state index in [9.17, 15) is 23.6 Å². The van der Waals surface area contributed by atoms with Crippen molar-refractivity contribution in [2.75, 3.05) is 12.4 Å². The third-order valence-corrected chi connectivity index (χ3v) is 7.02. The van der Waals surface area contributed by atoms with E-state index >= 15 is 0 Å². The number of rotatable bonds is 10. The number of hydrogen-bond donors (Lipinski definition) is 3. The number of ether oxygens (including phenoxy) is 2.